The van der Waals surface area contributed by atoms with Gasteiger partial charge in [0.15, 0.2) is 11.1 Å². The molecule has 2 N–H and O–H groups in total. The molecule has 24 heavy (non-hydrogen) atoms. The lowest BCUT2D eigenvalue weighted by Gasteiger charge is -2.24. The van der Waals surface area contributed by atoms with E-state index >= 15 is 0 Å². The summed E-state index contributed by atoms with van der Waals surface area (Å²) in [6.45, 7) is 6.97. The normalized spacial score (nSPS) is 24.6. The zero-order valence-electron chi connectivity index (χ0n) is 14.8. The molecule has 3 heterocycles. The number of aliphatic imine (C=N–C) groups is 1. The molecule has 1 atom stereocenters. The van der Waals surface area contributed by atoms with Crippen molar-refractivity contribution in [2.75, 3.05) is 44.7 Å². The molecule has 1 unspecified atom stereocenters. The van der Waals surface area contributed by atoms with Crippen LogP contribution in [0.15, 0.2) is 10.4 Å². The van der Waals surface area contributed by atoms with Crippen molar-refractivity contribution in [2.45, 2.75) is 44.6 Å². The lowest BCUT2D eigenvalue weighted by atomic mass is 10.0. The monoisotopic (exact) mass is 351 g/mol. The largest absolute Gasteiger partial charge is 0.373 e. The van der Waals surface area contributed by atoms with E-state index in [1.54, 1.807) is 11.3 Å². The fourth-order valence-corrected chi connectivity index (χ4v) is 4.15. The zero-order chi connectivity index (χ0) is 16.8. The minimum absolute atomic E-state index is 0.0584. The average Bonchev–Trinajstić information content (AvgIpc) is 3.32. The molecule has 0 bridgehead atoms. The van der Waals surface area contributed by atoms with Crippen LogP contribution >= 0.6 is 11.3 Å². The highest BCUT2D eigenvalue weighted by atomic mass is 32.1. The van der Waals surface area contributed by atoms with Crippen molar-refractivity contribution >= 4 is 22.4 Å². The van der Waals surface area contributed by atoms with Crippen LogP contribution < -0.4 is 15.5 Å². The van der Waals surface area contributed by atoms with Gasteiger partial charge in [0.05, 0.1) is 11.3 Å². The molecule has 2 saturated heterocycles. The van der Waals surface area contributed by atoms with Crippen LogP contribution in [0.25, 0.3) is 0 Å². The second kappa shape index (κ2) is 8.16. The molecular formula is C17H29N5OS. The van der Waals surface area contributed by atoms with Gasteiger partial charge in [-0.2, -0.15) is 0 Å². The van der Waals surface area contributed by atoms with Crippen LogP contribution in [0.3, 0.4) is 0 Å². The molecule has 0 saturated carbocycles. The van der Waals surface area contributed by atoms with Gasteiger partial charge in [0.2, 0.25) is 0 Å². The second-order valence-electron chi connectivity index (χ2n) is 6.82. The van der Waals surface area contributed by atoms with Gasteiger partial charge >= 0.3 is 0 Å². The van der Waals surface area contributed by atoms with E-state index in [-0.39, 0.29) is 5.60 Å². The summed E-state index contributed by atoms with van der Waals surface area (Å²) in [5.74, 6) is 0.835. The fraction of sp³-hybridized carbons (Fsp3) is 0.765. The van der Waals surface area contributed by atoms with Crippen molar-refractivity contribution < 1.29 is 4.74 Å². The Morgan fingerprint density at radius 3 is 2.92 bits per heavy atom. The Hall–Kier alpha value is -1.34. The number of thiazole rings is 1. The first kappa shape index (κ1) is 17.5. The van der Waals surface area contributed by atoms with Crippen LogP contribution in [0.4, 0.5) is 5.13 Å². The van der Waals surface area contributed by atoms with Crippen molar-refractivity contribution in [3.8, 4) is 0 Å². The van der Waals surface area contributed by atoms with E-state index in [4.69, 9.17) is 9.72 Å². The van der Waals surface area contributed by atoms with Crippen molar-refractivity contribution in [3.63, 3.8) is 0 Å². The fourth-order valence-electron chi connectivity index (χ4n) is 3.24. The number of ether oxygens (including phenoxy) is 1. The van der Waals surface area contributed by atoms with Gasteiger partial charge in [-0.3, -0.25) is 4.99 Å². The molecule has 0 radical (unpaired) electrons. The highest BCUT2D eigenvalue weighted by molar-refractivity contribution is 7.13. The Morgan fingerprint density at radius 2 is 2.21 bits per heavy atom. The van der Waals surface area contributed by atoms with Gasteiger partial charge < -0.3 is 20.3 Å². The predicted octanol–water partition coefficient (Wildman–Crippen LogP) is 2.02. The third-order valence-corrected chi connectivity index (χ3v) is 5.69. The number of rotatable bonds is 6. The third-order valence-electron chi connectivity index (χ3n) is 4.74. The van der Waals surface area contributed by atoms with E-state index in [1.165, 1.54) is 18.0 Å². The van der Waals surface area contributed by atoms with E-state index in [9.17, 15) is 0 Å². The van der Waals surface area contributed by atoms with Gasteiger partial charge in [-0.05, 0) is 32.6 Å². The highest BCUT2D eigenvalue weighted by Gasteiger charge is 2.29. The molecule has 6 nitrogen and oxygen atoms in total. The third kappa shape index (κ3) is 4.60. The van der Waals surface area contributed by atoms with Gasteiger partial charge in [0, 0.05) is 51.6 Å². The molecule has 0 aliphatic carbocycles. The molecule has 2 fully saturated rings. The van der Waals surface area contributed by atoms with Crippen molar-refractivity contribution in [2.24, 2.45) is 4.99 Å². The topological polar surface area (TPSA) is 61.8 Å². The Bertz CT molecular complexity index is 547. The second-order valence-corrected chi connectivity index (χ2v) is 7.66. The van der Waals surface area contributed by atoms with Crippen LogP contribution in [0.1, 0.15) is 38.3 Å². The molecule has 3 rings (SSSR count). The molecule has 1 aromatic rings. The summed E-state index contributed by atoms with van der Waals surface area (Å²) in [7, 11) is 1.81. The van der Waals surface area contributed by atoms with Crippen LogP contribution in [-0.2, 0) is 11.2 Å². The number of aromatic nitrogens is 1. The maximum atomic E-state index is 5.80. The zero-order valence-corrected chi connectivity index (χ0v) is 15.6. The SMILES string of the molecule is CN=C(NCCc1csc(N2CCCC2)n1)NCC1(C)CCCO1. The maximum Gasteiger partial charge on any atom is 0.191 e. The van der Waals surface area contributed by atoms with Crippen LogP contribution in [-0.4, -0.2) is 56.4 Å². The van der Waals surface area contributed by atoms with E-state index in [2.05, 4.69) is 32.8 Å². The summed E-state index contributed by atoms with van der Waals surface area (Å²) in [5.41, 5.74) is 1.10. The summed E-state index contributed by atoms with van der Waals surface area (Å²) in [6.07, 6.45) is 5.75. The summed E-state index contributed by atoms with van der Waals surface area (Å²) < 4.78 is 5.80. The first-order valence-electron chi connectivity index (χ1n) is 8.96. The highest BCUT2D eigenvalue weighted by Crippen LogP contribution is 2.25. The Morgan fingerprint density at radius 1 is 1.38 bits per heavy atom. The Balaban J connectivity index is 1.39. The van der Waals surface area contributed by atoms with Crippen molar-refractivity contribution in [3.05, 3.63) is 11.1 Å². The van der Waals surface area contributed by atoms with Crippen LogP contribution in [0.5, 0.6) is 0 Å². The van der Waals surface area contributed by atoms with Crippen molar-refractivity contribution in [1.29, 1.82) is 0 Å². The summed E-state index contributed by atoms with van der Waals surface area (Å²) in [4.78, 5) is 11.4. The lowest BCUT2D eigenvalue weighted by Crippen LogP contribution is -2.45. The van der Waals surface area contributed by atoms with E-state index in [0.717, 1.165) is 63.7 Å². The quantitative estimate of drug-likeness (QED) is 0.606. The maximum absolute atomic E-state index is 5.80. The van der Waals surface area contributed by atoms with Gasteiger partial charge in [-0.25, -0.2) is 4.98 Å². The van der Waals surface area contributed by atoms with Crippen LogP contribution in [0, 0.1) is 0 Å². The van der Waals surface area contributed by atoms with Gasteiger partial charge in [0.1, 0.15) is 0 Å². The average molecular weight is 352 g/mol. The lowest BCUT2D eigenvalue weighted by molar-refractivity contribution is 0.0243. The number of nitrogens with zero attached hydrogens (tertiary/aromatic N) is 3. The number of hydrogen-bond donors (Lipinski definition) is 2. The molecule has 2 aliphatic heterocycles. The van der Waals surface area contributed by atoms with Gasteiger partial charge in [0.25, 0.3) is 0 Å². The number of nitrogens with one attached hydrogen (secondary N) is 2. The molecular weight excluding hydrogens is 322 g/mol. The molecule has 7 heteroatoms. The molecule has 2 aliphatic rings. The summed E-state index contributed by atoms with van der Waals surface area (Å²) in [6, 6.07) is 0. The molecule has 0 aromatic carbocycles. The van der Waals surface area contributed by atoms with Crippen LogP contribution in [0.2, 0.25) is 0 Å². The Kier molecular flexibility index (Phi) is 5.94. The number of anilines is 1. The first-order valence-corrected chi connectivity index (χ1v) is 9.84. The van der Waals surface area contributed by atoms with E-state index in [0.29, 0.717) is 0 Å². The summed E-state index contributed by atoms with van der Waals surface area (Å²) in [5, 5.41) is 10.1. The minimum Gasteiger partial charge on any atom is -0.373 e. The van der Waals surface area contributed by atoms with E-state index in [1.807, 2.05) is 7.05 Å². The Labute approximate surface area is 148 Å². The number of hydrogen-bond acceptors (Lipinski definition) is 5. The first-order chi connectivity index (χ1) is 11.7. The van der Waals surface area contributed by atoms with Gasteiger partial charge in [-0.15, -0.1) is 11.3 Å². The minimum atomic E-state index is -0.0584. The molecule has 1 aromatic heterocycles. The summed E-state index contributed by atoms with van der Waals surface area (Å²) >= 11 is 1.76. The van der Waals surface area contributed by atoms with Gasteiger partial charge in [-0.1, -0.05) is 0 Å². The van der Waals surface area contributed by atoms with E-state index < -0.39 is 0 Å². The molecule has 0 amide bonds. The number of guanidine groups is 1. The van der Waals surface area contributed by atoms with Crippen molar-refractivity contribution in [1.82, 2.24) is 15.6 Å². The predicted molar refractivity (Wildman–Crippen MR) is 100 cm³/mol. The standard InChI is InChI=1S/C17H29N5OS/c1-17(7-5-11-23-17)13-20-15(18-2)19-8-6-14-12-24-16(21-14)22-9-3-4-10-22/h12H,3-11,13H2,1-2H3,(H2,18,19,20). The molecule has 134 valence electrons. The molecule has 0 spiro atoms. The smallest absolute Gasteiger partial charge is 0.191 e.